The first kappa shape index (κ1) is 33.3. The van der Waals surface area contributed by atoms with Crippen molar-refractivity contribution in [3.63, 3.8) is 0 Å². The van der Waals surface area contributed by atoms with Crippen LogP contribution in [0.1, 0.15) is 57.9 Å². The number of rotatable bonds is 6. The van der Waals surface area contributed by atoms with Crippen LogP contribution >= 0.6 is 7.82 Å². The summed E-state index contributed by atoms with van der Waals surface area (Å²) in [5.74, 6) is -0.528. The number of carbonyl (C=O) groups excluding carboxylic acids is 2. The number of ether oxygens (including phenoxy) is 4. The number of primary amides is 1. The third kappa shape index (κ3) is 10.6. The maximum Gasteiger partial charge on any atom is 0.405 e. The van der Waals surface area contributed by atoms with Crippen molar-refractivity contribution in [3.8, 4) is 11.5 Å². The minimum Gasteiger partial charge on any atom is -0.746 e. The summed E-state index contributed by atoms with van der Waals surface area (Å²) in [4.78, 5) is 45.4. The summed E-state index contributed by atoms with van der Waals surface area (Å²) in [7, 11) is -0.646. The lowest BCUT2D eigenvalue weighted by atomic mass is 9.98. The molecule has 1 aromatic carbocycles. The van der Waals surface area contributed by atoms with E-state index in [9.17, 15) is 23.9 Å². The van der Waals surface area contributed by atoms with E-state index < -0.39 is 32.0 Å². The van der Waals surface area contributed by atoms with Crippen molar-refractivity contribution < 1.29 is 47.4 Å². The molecule has 0 fully saturated rings. The number of nitrogens with one attached hydrogen (secondary N) is 1. The molecule has 1 aliphatic rings. The predicted octanol–water partition coefficient (Wildman–Crippen LogP) is 3.76. The van der Waals surface area contributed by atoms with Crippen molar-refractivity contribution in [1.29, 1.82) is 0 Å². The van der Waals surface area contributed by atoms with E-state index in [0.29, 0.717) is 56.1 Å². The number of nitrogens with two attached hydrogens (primary N) is 1. The smallest absolute Gasteiger partial charge is 0.405 e. The molecule has 4 N–H and O–H groups in total. The number of anilines is 1. The Balaban J connectivity index is 2.46. The SMILES string of the molecule is COc1c2cc(cc1OP(=O)([O-])O)NC(=O)/C(C)=C/CC[C@H](OC)[C@@H](OC(N)=O)/C(C)=C/CC[C@@H](OC)CCC2. The predicted molar refractivity (Wildman–Crippen MR) is 147 cm³/mol. The Hall–Kier alpha value is -2.89. The number of phosphoric ester groups is 1. The van der Waals surface area contributed by atoms with E-state index in [1.54, 1.807) is 26.2 Å². The minimum atomic E-state index is -5.15. The molecule has 1 aromatic rings. The lowest BCUT2D eigenvalue weighted by Gasteiger charge is -2.26. The Kier molecular flexibility index (Phi) is 13.1. The zero-order chi connectivity index (χ0) is 29.9. The van der Waals surface area contributed by atoms with Gasteiger partial charge >= 0.3 is 13.9 Å². The van der Waals surface area contributed by atoms with Gasteiger partial charge in [0.1, 0.15) is 0 Å². The van der Waals surface area contributed by atoms with E-state index >= 15 is 0 Å². The number of carbonyl (C=O) groups is 2. The fraction of sp³-hybridized carbons (Fsp3) is 0.556. The second-order valence-corrected chi connectivity index (χ2v) is 10.7. The minimum absolute atomic E-state index is 0.0874. The Morgan fingerprint density at radius 1 is 1.10 bits per heavy atom. The molecule has 40 heavy (non-hydrogen) atoms. The van der Waals surface area contributed by atoms with Crippen LogP contribution in [0.3, 0.4) is 0 Å². The molecular weight excluding hydrogens is 543 g/mol. The first-order valence-electron chi connectivity index (χ1n) is 13.0. The zero-order valence-corrected chi connectivity index (χ0v) is 24.5. The summed E-state index contributed by atoms with van der Waals surface area (Å²) in [5, 5.41) is 2.74. The van der Waals surface area contributed by atoms with Gasteiger partial charge in [-0.15, -0.1) is 0 Å². The summed E-state index contributed by atoms with van der Waals surface area (Å²) in [5.41, 5.74) is 7.38. The summed E-state index contributed by atoms with van der Waals surface area (Å²) >= 11 is 0. The van der Waals surface area contributed by atoms with Crippen LogP contribution in [0, 0.1) is 0 Å². The van der Waals surface area contributed by atoms with Crippen molar-refractivity contribution in [1.82, 2.24) is 0 Å². The van der Waals surface area contributed by atoms with E-state index in [-0.39, 0.29) is 23.3 Å². The highest BCUT2D eigenvalue weighted by Crippen LogP contribution is 2.43. The van der Waals surface area contributed by atoms with Crippen molar-refractivity contribution in [2.45, 2.75) is 77.1 Å². The number of allylic oxidation sites excluding steroid dienone is 2. The van der Waals surface area contributed by atoms with E-state index in [1.807, 2.05) is 13.0 Å². The highest BCUT2D eigenvalue weighted by molar-refractivity contribution is 7.45. The summed E-state index contributed by atoms with van der Waals surface area (Å²) in [6, 6.07) is 2.95. The summed E-state index contributed by atoms with van der Waals surface area (Å²) < 4.78 is 38.4. The Bertz CT molecular complexity index is 1130. The number of phosphoric acid groups is 1. The Morgan fingerprint density at radius 2 is 1.80 bits per heavy atom. The number of amides is 2. The summed E-state index contributed by atoms with van der Waals surface area (Å²) in [6.45, 7) is 3.48. The quantitative estimate of drug-likeness (QED) is 0.330. The number of methoxy groups -OCH3 is 3. The molecule has 224 valence electrons. The van der Waals surface area contributed by atoms with Crippen molar-refractivity contribution in [2.75, 3.05) is 26.6 Å². The molecule has 12 nitrogen and oxygen atoms in total. The van der Waals surface area contributed by atoms with E-state index in [0.717, 1.165) is 5.57 Å². The summed E-state index contributed by atoms with van der Waals surface area (Å²) in [6.07, 6.45) is 5.49. The average molecular weight is 584 g/mol. The van der Waals surface area contributed by atoms with Crippen molar-refractivity contribution in [3.05, 3.63) is 41.0 Å². The lowest BCUT2D eigenvalue weighted by molar-refractivity contribution is -0.211. The third-order valence-electron chi connectivity index (χ3n) is 6.66. The average Bonchev–Trinajstić information content (AvgIpc) is 2.87. The molecule has 1 heterocycles. The van der Waals surface area contributed by atoms with Gasteiger partial charge in [-0.2, -0.15) is 0 Å². The number of aryl methyl sites for hydroxylation is 1. The number of benzene rings is 1. The third-order valence-corrected chi connectivity index (χ3v) is 7.09. The second kappa shape index (κ2) is 15.8. The molecule has 0 spiro atoms. The molecule has 4 atom stereocenters. The van der Waals surface area contributed by atoms with E-state index in [1.165, 1.54) is 20.3 Å². The second-order valence-electron chi connectivity index (χ2n) is 9.55. The van der Waals surface area contributed by atoms with Crippen LogP contribution in [-0.4, -0.2) is 56.5 Å². The van der Waals surface area contributed by atoms with Gasteiger partial charge in [0.05, 0.1) is 19.3 Å². The first-order chi connectivity index (χ1) is 18.9. The first-order valence-corrected chi connectivity index (χ1v) is 14.5. The van der Waals surface area contributed by atoms with Crippen LogP contribution in [0.15, 0.2) is 35.4 Å². The van der Waals surface area contributed by atoms with Gasteiger partial charge in [-0.05, 0) is 70.4 Å². The number of hydrogen-bond donors (Lipinski definition) is 3. The largest absolute Gasteiger partial charge is 0.746 e. The Morgan fingerprint density at radius 3 is 2.40 bits per heavy atom. The van der Waals surface area contributed by atoms with Crippen LogP contribution in [0.2, 0.25) is 0 Å². The Labute approximate surface area is 235 Å². The van der Waals surface area contributed by atoms with Crippen LogP contribution in [0.5, 0.6) is 11.5 Å². The maximum atomic E-state index is 12.9. The van der Waals surface area contributed by atoms with Gasteiger partial charge in [0.25, 0.3) is 5.91 Å². The molecular formula is C27H40N2O10P-. The van der Waals surface area contributed by atoms with Gasteiger partial charge in [0, 0.05) is 37.1 Å². The number of fused-ring (bicyclic) bond motifs is 2. The van der Waals surface area contributed by atoms with Gasteiger partial charge in [-0.3, -0.25) is 9.36 Å². The normalized spacial score (nSPS) is 25.8. The van der Waals surface area contributed by atoms with Gasteiger partial charge in [0.15, 0.2) is 17.6 Å². The van der Waals surface area contributed by atoms with Gasteiger partial charge < -0.3 is 44.3 Å². The van der Waals surface area contributed by atoms with Crippen molar-refractivity contribution in [2.24, 2.45) is 5.73 Å². The molecule has 0 radical (unpaired) electrons. The van der Waals surface area contributed by atoms with Gasteiger partial charge in [0.2, 0.25) is 0 Å². The monoisotopic (exact) mass is 583 g/mol. The zero-order valence-electron chi connectivity index (χ0n) is 23.6. The van der Waals surface area contributed by atoms with Crippen LogP contribution in [0.4, 0.5) is 10.5 Å². The molecule has 0 aliphatic carbocycles. The molecule has 1 unspecified atom stereocenters. The molecule has 2 rings (SSSR count). The van der Waals surface area contributed by atoms with E-state index in [4.69, 9.17) is 29.2 Å². The van der Waals surface area contributed by atoms with E-state index in [2.05, 4.69) is 5.32 Å². The molecule has 2 amide bonds. The van der Waals surface area contributed by atoms with Crippen LogP contribution in [0.25, 0.3) is 0 Å². The van der Waals surface area contributed by atoms with Crippen molar-refractivity contribution >= 4 is 25.5 Å². The maximum absolute atomic E-state index is 12.9. The fourth-order valence-electron chi connectivity index (χ4n) is 4.62. The van der Waals surface area contributed by atoms with Gasteiger partial charge in [-0.25, -0.2) is 4.79 Å². The fourth-order valence-corrected chi connectivity index (χ4v) is 5.01. The number of hydrogen-bond acceptors (Lipinski definition) is 9. The molecule has 0 aromatic heterocycles. The standard InChI is InChI=1S/C27H41N2O10P/c1-17-9-6-12-21(35-3)13-8-11-19-15-20(16-23(25(19)37-5)39-40(32,33)34)29-26(30)18(2)10-7-14-22(36-4)24(17)38-27(28)31/h9-10,15-16,21-22,24H,6-8,11-14H2,1-5H3,(H2,28,31)(H,29,30)(H2,32,33,34)/p-1/b17-9+,18-10+/t21-,22+,24+/m1/s1. The van der Waals surface area contributed by atoms with Crippen LogP contribution < -0.4 is 25.2 Å². The topological polar surface area (TPSA) is 179 Å². The molecule has 0 saturated heterocycles. The van der Waals surface area contributed by atoms with Gasteiger partial charge in [-0.1, -0.05) is 12.2 Å². The molecule has 1 aliphatic heterocycles. The molecule has 13 heteroatoms. The highest BCUT2D eigenvalue weighted by atomic mass is 31.2. The lowest BCUT2D eigenvalue weighted by Crippen LogP contribution is -2.35. The molecule has 0 saturated carbocycles. The van der Waals surface area contributed by atoms with Crippen LogP contribution in [-0.2, 0) is 30.0 Å². The molecule has 2 bridgehead atoms. The highest BCUT2D eigenvalue weighted by Gasteiger charge is 2.26.